The van der Waals surface area contributed by atoms with Gasteiger partial charge in [0.2, 0.25) is 5.95 Å². The van der Waals surface area contributed by atoms with Crippen molar-refractivity contribution in [3.05, 3.63) is 34.7 Å². The number of aliphatic hydroxyl groups is 1. The molecular formula is C28H36N6O2. The second-order valence-electron chi connectivity index (χ2n) is 11.4. The summed E-state index contributed by atoms with van der Waals surface area (Å²) in [5.41, 5.74) is 1.91. The molecule has 8 nitrogen and oxygen atoms in total. The summed E-state index contributed by atoms with van der Waals surface area (Å²) in [5, 5.41) is 16.1. The first-order chi connectivity index (χ1) is 17.6. The molecule has 5 aliphatic rings. The third-order valence-corrected chi connectivity index (χ3v) is 9.00. The van der Waals surface area contributed by atoms with Gasteiger partial charge in [-0.05, 0) is 74.8 Å². The van der Waals surface area contributed by atoms with Gasteiger partial charge in [-0.15, -0.1) is 0 Å². The number of anilines is 2. The van der Waals surface area contributed by atoms with Crippen LogP contribution in [0.15, 0.2) is 29.2 Å². The predicted octanol–water partition coefficient (Wildman–Crippen LogP) is 3.53. The Morgan fingerprint density at radius 2 is 1.69 bits per heavy atom. The van der Waals surface area contributed by atoms with E-state index in [1.54, 1.807) is 0 Å². The van der Waals surface area contributed by atoms with Crippen molar-refractivity contribution in [2.75, 3.05) is 42.9 Å². The molecule has 2 N–H and O–H groups in total. The molecule has 36 heavy (non-hydrogen) atoms. The van der Waals surface area contributed by atoms with Crippen LogP contribution in [0.25, 0.3) is 21.8 Å². The van der Waals surface area contributed by atoms with E-state index >= 15 is 0 Å². The minimum absolute atomic E-state index is 0.0375. The molecule has 0 radical (unpaired) electrons. The third kappa shape index (κ3) is 4.04. The third-order valence-electron chi connectivity index (χ3n) is 9.00. The predicted molar refractivity (Wildman–Crippen MR) is 143 cm³/mol. The Morgan fingerprint density at radius 1 is 0.889 bits per heavy atom. The first-order valence-electron chi connectivity index (χ1n) is 13.9. The van der Waals surface area contributed by atoms with Gasteiger partial charge in [0.15, 0.2) is 0 Å². The van der Waals surface area contributed by atoms with E-state index in [1.165, 1.54) is 38.8 Å². The monoisotopic (exact) mass is 488 g/mol. The number of benzene rings is 1. The normalized spacial score (nSPS) is 28.5. The van der Waals surface area contributed by atoms with Crippen molar-refractivity contribution in [2.45, 2.75) is 69.6 Å². The molecule has 0 unspecified atom stereocenters. The van der Waals surface area contributed by atoms with Crippen LogP contribution in [-0.2, 0) is 0 Å². The summed E-state index contributed by atoms with van der Waals surface area (Å²) in [5.74, 6) is 1.32. The average molecular weight is 489 g/mol. The summed E-state index contributed by atoms with van der Waals surface area (Å²) in [4.78, 5) is 28.8. The molecule has 2 aromatic heterocycles. The number of hydrogen-bond acceptors (Lipinski definition) is 7. The van der Waals surface area contributed by atoms with Crippen LogP contribution in [0.5, 0.6) is 0 Å². The van der Waals surface area contributed by atoms with Crippen LogP contribution in [0.4, 0.5) is 11.6 Å². The molecule has 0 atom stereocenters. The molecule has 3 aromatic rings. The van der Waals surface area contributed by atoms with Crippen LogP contribution in [0.1, 0.15) is 57.4 Å². The molecule has 2 saturated carbocycles. The molecule has 8 rings (SSSR count). The Balaban J connectivity index is 1.36. The summed E-state index contributed by atoms with van der Waals surface area (Å²) < 4.78 is 1.93. The van der Waals surface area contributed by atoms with Crippen LogP contribution in [0.2, 0.25) is 0 Å². The van der Waals surface area contributed by atoms with Crippen molar-refractivity contribution in [3.63, 3.8) is 0 Å². The van der Waals surface area contributed by atoms with Gasteiger partial charge in [-0.2, -0.15) is 4.98 Å². The van der Waals surface area contributed by atoms with Gasteiger partial charge in [0.25, 0.3) is 5.56 Å². The standard InChI is InChI=1S/C28H36N6O2/c35-22-6-3-20(4-7-22)34-26-25(17-30-28(31-26)29-16-18-1-2-18)23-8-5-21(15-24(23)27(34)36)33-14-13-32-11-9-19(33)10-12-32/h5,8,15,17-20,22,35H,1-4,6-7,9-14,16H2,(H,29,30,31)/t20-,22-. The number of fused-ring (bicyclic) bond motifs is 7. The van der Waals surface area contributed by atoms with E-state index in [0.717, 1.165) is 72.8 Å². The lowest BCUT2D eigenvalue weighted by molar-refractivity contribution is 0.111. The fraction of sp³-hybridized carbons (Fsp3) is 0.607. The van der Waals surface area contributed by atoms with Gasteiger partial charge in [0.05, 0.1) is 11.5 Å². The lowest BCUT2D eigenvalue weighted by Gasteiger charge is -2.33. The van der Waals surface area contributed by atoms with Gasteiger partial charge in [-0.1, -0.05) is 6.07 Å². The summed E-state index contributed by atoms with van der Waals surface area (Å²) in [6.45, 7) is 5.34. The molecule has 5 fully saturated rings. The summed E-state index contributed by atoms with van der Waals surface area (Å²) in [6.07, 6.45) is 9.56. The highest BCUT2D eigenvalue weighted by Crippen LogP contribution is 2.34. The molecule has 2 aliphatic carbocycles. The molecule has 3 aliphatic heterocycles. The summed E-state index contributed by atoms with van der Waals surface area (Å²) in [6, 6.07) is 7.02. The number of piperidine rings is 1. The molecule has 8 heteroatoms. The van der Waals surface area contributed by atoms with Crippen LogP contribution >= 0.6 is 0 Å². The van der Waals surface area contributed by atoms with Gasteiger partial charge in [-0.25, -0.2) is 4.98 Å². The Kier molecular flexibility index (Phi) is 5.62. The lowest BCUT2D eigenvalue weighted by atomic mass is 9.92. The van der Waals surface area contributed by atoms with Crippen LogP contribution in [-0.4, -0.2) is 69.4 Å². The number of nitrogens with zero attached hydrogens (tertiary/aromatic N) is 5. The molecule has 0 amide bonds. The first-order valence-corrected chi connectivity index (χ1v) is 13.9. The number of aliphatic hydroxyl groups excluding tert-OH is 1. The Bertz CT molecular complexity index is 1340. The van der Waals surface area contributed by atoms with E-state index < -0.39 is 0 Å². The maximum absolute atomic E-state index is 14.2. The van der Waals surface area contributed by atoms with Crippen molar-refractivity contribution in [1.29, 1.82) is 0 Å². The average Bonchev–Trinajstić information content (AvgIpc) is 3.77. The van der Waals surface area contributed by atoms with Crippen LogP contribution < -0.4 is 15.8 Å². The maximum atomic E-state index is 14.2. The van der Waals surface area contributed by atoms with Gasteiger partial charge >= 0.3 is 0 Å². The number of pyridine rings is 1. The summed E-state index contributed by atoms with van der Waals surface area (Å²) >= 11 is 0. The molecule has 0 spiro atoms. The van der Waals surface area contributed by atoms with Crippen molar-refractivity contribution >= 4 is 33.4 Å². The lowest BCUT2D eigenvalue weighted by Crippen LogP contribution is -2.38. The second kappa shape index (κ2) is 8.99. The van der Waals surface area contributed by atoms with E-state index in [0.29, 0.717) is 17.9 Å². The van der Waals surface area contributed by atoms with Gasteiger partial charge in [0.1, 0.15) is 5.65 Å². The molecule has 2 bridgehead atoms. The number of nitrogens with one attached hydrogen (secondary N) is 1. The van der Waals surface area contributed by atoms with Crippen molar-refractivity contribution < 1.29 is 5.11 Å². The zero-order chi connectivity index (χ0) is 24.2. The Hall–Kier alpha value is -2.71. The molecular weight excluding hydrogens is 452 g/mol. The fourth-order valence-corrected chi connectivity index (χ4v) is 6.62. The van der Waals surface area contributed by atoms with E-state index in [1.807, 2.05) is 10.8 Å². The maximum Gasteiger partial charge on any atom is 0.260 e. The molecule has 3 saturated heterocycles. The molecule has 1 aromatic carbocycles. The van der Waals surface area contributed by atoms with Crippen molar-refractivity contribution in [2.24, 2.45) is 5.92 Å². The van der Waals surface area contributed by atoms with Crippen molar-refractivity contribution in [1.82, 2.24) is 19.4 Å². The highest BCUT2D eigenvalue weighted by Gasteiger charge is 2.30. The zero-order valence-electron chi connectivity index (χ0n) is 20.9. The Morgan fingerprint density at radius 3 is 2.47 bits per heavy atom. The first kappa shape index (κ1) is 22.5. The zero-order valence-corrected chi connectivity index (χ0v) is 20.9. The smallest absolute Gasteiger partial charge is 0.260 e. The van der Waals surface area contributed by atoms with Crippen LogP contribution in [0.3, 0.4) is 0 Å². The number of hydrogen-bond donors (Lipinski definition) is 2. The number of aromatic nitrogens is 3. The topological polar surface area (TPSA) is 86.5 Å². The van der Waals surface area contributed by atoms with Gasteiger partial charge in [-0.3, -0.25) is 9.36 Å². The minimum atomic E-state index is -0.269. The van der Waals surface area contributed by atoms with E-state index in [4.69, 9.17) is 4.98 Å². The molecule has 190 valence electrons. The summed E-state index contributed by atoms with van der Waals surface area (Å²) in [7, 11) is 0. The van der Waals surface area contributed by atoms with Crippen molar-refractivity contribution in [3.8, 4) is 0 Å². The van der Waals surface area contributed by atoms with E-state index in [-0.39, 0.29) is 17.7 Å². The fourth-order valence-electron chi connectivity index (χ4n) is 6.62. The highest BCUT2D eigenvalue weighted by molar-refractivity contribution is 6.05. The number of rotatable bonds is 5. The SMILES string of the molecule is O=c1c2cc(N3CCN4CCC3CC4)ccc2c2cnc(NCC3CC3)nc2n1[C@H]1CC[C@H](O)CC1. The Labute approximate surface area is 211 Å². The highest BCUT2D eigenvalue weighted by atomic mass is 16.3. The van der Waals surface area contributed by atoms with Crippen LogP contribution in [0, 0.1) is 5.92 Å². The van der Waals surface area contributed by atoms with Gasteiger partial charge < -0.3 is 20.2 Å². The quantitative estimate of drug-likeness (QED) is 0.532. The minimum Gasteiger partial charge on any atom is -0.393 e. The van der Waals surface area contributed by atoms with Gasteiger partial charge in [0, 0.05) is 62.1 Å². The van der Waals surface area contributed by atoms with E-state index in [9.17, 15) is 9.90 Å². The largest absolute Gasteiger partial charge is 0.393 e. The second-order valence-corrected chi connectivity index (χ2v) is 11.4. The molecule has 5 heterocycles. The van der Waals surface area contributed by atoms with E-state index in [2.05, 4.69) is 38.3 Å².